The largest absolute Gasteiger partial charge is 0.384 e. The monoisotopic (exact) mass is 182 g/mol. The number of rotatable bonds is 3. The Balaban J connectivity index is 2.94. The fourth-order valence-electron chi connectivity index (χ4n) is 1.16. The van der Waals surface area contributed by atoms with E-state index in [-0.39, 0.29) is 11.5 Å². The molecular formula is C9H14N2O2. The van der Waals surface area contributed by atoms with Crippen molar-refractivity contribution in [3.8, 4) is 0 Å². The van der Waals surface area contributed by atoms with Crippen molar-refractivity contribution < 1.29 is 4.74 Å². The van der Waals surface area contributed by atoms with Crippen LogP contribution in [0.15, 0.2) is 10.9 Å². The van der Waals surface area contributed by atoms with Crippen molar-refractivity contribution in [2.45, 2.75) is 19.8 Å². The molecule has 1 aromatic heterocycles. The summed E-state index contributed by atoms with van der Waals surface area (Å²) >= 11 is 0. The van der Waals surface area contributed by atoms with Crippen LogP contribution in [0.25, 0.3) is 0 Å². The Labute approximate surface area is 77.0 Å². The summed E-state index contributed by atoms with van der Waals surface area (Å²) in [4.78, 5) is 18.0. The molecule has 4 heteroatoms. The lowest BCUT2D eigenvalue weighted by molar-refractivity contribution is 0.181. The van der Waals surface area contributed by atoms with Gasteiger partial charge in [0.05, 0.1) is 6.61 Å². The molecule has 1 rings (SSSR count). The molecular weight excluding hydrogens is 168 g/mol. The van der Waals surface area contributed by atoms with E-state index in [4.69, 9.17) is 4.74 Å². The number of hydrogen-bond acceptors (Lipinski definition) is 3. The molecule has 0 amide bonds. The quantitative estimate of drug-likeness (QED) is 0.753. The molecule has 72 valence electrons. The van der Waals surface area contributed by atoms with Crippen LogP contribution >= 0.6 is 0 Å². The Morgan fingerprint density at radius 1 is 1.69 bits per heavy atom. The Morgan fingerprint density at radius 3 is 2.92 bits per heavy atom. The van der Waals surface area contributed by atoms with E-state index in [0.717, 1.165) is 5.69 Å². The predicted octanol–water partition coefficient (Wildman–Crippen LogP) is 0.828. The van der Waals surface area contributed by atoms with Gasteiger partial charge in [-0.1, -0.05) is 6.92 Å². The molecule has 1 N–H and O–H groups in total. The van der Waals surface area contributed by atoms with Crippen LogP contribution in [-0.4, -0.2) is 23.7 Å². The van der Waals surface area contributed by atoms with E-state index in [1.807, 2.05) is 6.92 Å². The number of methoxy groups -OCH3 is 1. The van der Waals surface area contributed by atoms with Crippen molar-refractivity contribution in [3.63, 3.8) is 0 Å². The minimum Gasteiger partial charge on any atom is -0.384 e. The molecule has 1 aromatic rings. The zero-order valence-corrected chi connectivity index (χ0v) is 8.13. The van der Waals surface area contributed by atoms with Crippen molar-refractivity contribution in [2.24, 2.45) is 0 Å². The Kier molecular flexibility index (Phi) is 3.19. The Hall–Kier alpha value is -1.16. The number of aromatic amines is 1. The standard InChI is InChI=1S/C9H14N2O2/c1-6(5-13-3)9-10-7(2)4-8(12)11-9/h4,6H,5H2,1-3H3,(H,10,11,12). The number of H-pyrrole nitrogens is 1. The maximum Gasteiger partial charge on any atom is 0.251 e. The van der Waals surface area contributed by atoms with Crippen LogP contribution in [0.3, 0.4) is 0 Å². The zero-order valence-electron chi connectivity index (χ0n) is 8.13. The predicted molar refractivity (Wildman–Crippen MR) is 49.9 cm³/mol. The van der Waals surface area contributed by atoms with Crippen LogP contribution in [0, 0.1) is 6.92 Å². The fourth-order valence-corrected chi connectivity index (χ4v) is 1.16. The summed E-state index contributed by atoms with van der Waals surface area (Å²) in [6, 6.07) is 1.48. The van der Waals surface area contributed by atoms with E-state index in [9.17, 15) is 4.79 Å². The molecule has 0 saturated carbocycles. The topological polar surface area (TPSA) is 55.0 Å². The number of aryl methyl sites for hydroxylation is 1. The lowest BCUT2D eigenvalue weighted by Crippen LogP contribution is -2.15. The van der Waals surface area contributed by atoms with Gasteiger partial charge in [-0.05, 0) is 6.92 Å². The summed E-state index contributed by atoms with van der Waals surface area (Å²) in [7, 11) is 1.63. The van der Waals surface area contributed by atoms with Crippen molar-refractivity contribution >= 4 is 0 Å². The lowest BCUT2D eigenvalue weighted by Gasteiger charge is -2.08. The average Bonchev–Trinajstić information content (AvgIpc) is 2.03. The highest BCUT2D eigenvalue weighted by Crippen LogP contribution is 2.08. The van der Waals surface area contributed by atoms with Gasteiger partial charge >= 0.3 is 0 Å². The molecule has 0 aliphatic carbocycles. The van der Waals surface area contributed by atoms with E-state index >= 15 is 0 Å². The lowest BCUT2D eigenvalue weighted by atomic mass is 10.2. The average molecular weight is 182 g/mol. The third-order valence-electron chi connectivity index (χ3n) is 1.77. The van der Waals surface area contributed by atoms with Crippen molar-refractivity contribution in [2.75, 3.05) is 13.7 Å². The second-order valence-corrected chi connectivity index (χ2v) is 3.13. The first kappa shape index (κ1) is 9.92. The van der Waals surface area contributed by atoms with Gasteiger partial charge in [0.25, 0.3) is 5.56 Å². The zero-order chi connectivity index (χ0) is 9.84. The highest BCUT2D eigenvalue weighted by Gasteiger charge is 2.07. The highest BCUT2D eigenvalue weighted by molar-refractivity contribution is 5.03. The van der Waals surface area contributed by atoms with Gasteiger partial charge in [-0.15, -0.1) is 0 Å². The SMILES string of the molecule is COCC(C)c1nc(C)cc(=O)[nH]1. The molecule has 0 aliphatic heterocycles. The van der Waals surface area contributed by atoms with Gasteiger partial charge in [0.2, 0.25) is 0 Å². The smallest absolute Gasteiger partial charge is 0.251 e. The van der Waals surface area contributed by atoms with Crippen molar-refractivity contribution in [1.82, 2.24) is 9.97 Å². The summed E-state index contributed by atoms with van der Waals surface area (Å²) in [6.45, 7) is 4.33. The van der Waals surface area contributed by atoms with Crippen molar-refractivity contribution in [3.05, 3.63) is 27.9 Å². The van der Waals surface area contributed by atoms with Crippen LogP contribution in [0.2, 0.25) is 0 Å². The molecule has 0 aromatic carbocycles. The third-order valence-corrected chi connectivity index (χ3v) is 1.77. The van der Waals surface area contributed by atoms with E-state index in [0.29, 0.717) is 12.4 Å². The minimum absolute atomic E-state index is 0.106. The Bertz CT molecular complexity index is 333. The van der Waals surface area contributed by atoms with Gasteiger partial charge < -0.3 is 9.72 Å². The number of nitrogens with one attached hydrogen (secondary N) is 1. The van der Waals surface area contributed by atoms with Gasteiger partial charge in [-0.3, -0.25) is 4.79 Å². The highest BCUT2D eigenvalue weighted by atomic mass is 16.5. The van der Waals surface area contributed by atoms with Gasteiger partial charge in [-0.2, -0.15) is 0 Å². The normalized spacial score (nSPS) is 12.8. The molecule has 4 nitrogen and oxygen atoms in total. The van der Waals surface area contributed by atoms with E-state index in [2.05, 4.69) is 9.97 Å². The summed E-state index contributed by atoms with van der Waals surface area (Å²) < 4.78 is 4.98. The Morgan fingerprint density at radius 2 is 2.38 bits per heavy atom. The first-order valence-corrected chi connectivity index (χ1v) is 4.20. The molecule has 13 heavy (non-hydrogen) atoms. The summed E-state index contributed by atoms with van der Waals surface area (Å²) in [6.07, 6.45) is 0. The fraction of sp³-hybridized carbons (Fsp3) is 0.556. The van der Waals surface area contributed by atoms with Crippen LogP contribution < -0.4 is 5.56 Å². The van der Waals surface area contributed by atoms with Gasteiger partial charge in [0, 0.05) is 24.8 Å². The van der Waals surface area contributed by atoms with Crippen LogP contribution in [-0.2, 0) is 4.74 Å². The number of ether oxygens (including phenoxy) is 1. The second kappa shape index (κ2) is 4.18. The number of hydrogen-bond donors (Lipinski definition) is 1. The molecule has 0 saturated heterocycles. The third kappa shape index (κ3) is 2.66. The maximum absolute atomic E-state index is 11.1. The van der Waals surface area contributed by atoms with Gasteiger partial charge in [-0.25, -0.2) is 4.98 Å². The maximum atomic E-state index is 11.1. The molecule has 0 fully saturated rings. The van der Waals surface area contributed by atoms with E-state index < -0.39 is 0 Å². The second-order valence-electron chi connectivity index (χ2n) is 3.13. The molecule has 1 heterocycles. The van der Waals surface area contributed by atoms with E-state index in [1.165, 1.54) is 6.07 Å². The first-order chi connectivity index (χ1) is 6.13. The van der Waals surface area contributed by atoms with Gasteiger partial charge in [0.1, 0.15) is 5.82 Å². The molecule has 0 bridgehead atoms. The van der Waals surface area contributed by atoms with Crippen LogP contribution in [0.5, 0.6) is 0 Å². The summed E-state index contributed by atoms with van der Waals surface area (Å²) in [5.41, 5.74) is 0.632. The van der Waals surface area contributed by atoms with Gasteiger partial charge in [0.15, 0.2) is 0 Å². The molecule has 1 atom stereocenters. The summed E-state index contributed by atoms with van der Waals surface area (Å²) in [5, 5.41) is 0. The van der Waals surface area contributed by atoms with Crippen LogP contribution in [0.1, 0.15) is 24.4 Å². The van der Waals surface area contributed by atoms with Crippen molar-refractivity contribution in [1.29, 1.82) is 0 Å². The number of aromatic nitrogens is 2. The molecule has 0 spiro atoms. The summed E-state index contributed by atoms with van der Waals surface area (Å²) in [5.74, 6) is 0.810. The molecule has 0 radical (unpaired) electrons. The molecule has 0 aliphatic rings. The minimum atomic E-state index is -0.106. The molecule has 1 unspecified atom stereocenters. The van der Waals surface area contributed by atoms with Crippen LogP contribution in [0.4, 0.5) is 0 Å². The van der Waals surface area contributed by atoms with E-state index in [1.54, 1.807) is 14.0 Å². The first-order valence-electron chi connectivity index (χ1n) is 4.20. The number of nitrogens with zero attached hydrogens (tertiary/aromatic N) is 1.